The van der Waals surface area contributed by atoms with Crippen molar-refractivity contribution < 1.29 is 14.3 Å². The maximum absolute atomic E-state index is 12.5. The Kier molecular flexibility index (Phi) is 7.27. The Balaban J connectivity index is 1.71. The van der Waals surface area contributed by atoms with Crippen molar-refractivity contribution in [3.05, 3.63) is 33.0 Å². The number of methoxy groups -OCH3 is 2. The van der Waals surface area contributed by atoms with Gasteiger partial charge in [-0.1, -0.05) is 30.3 Å². The molecule has 0 aliphatic heterocycles. The molecule has 0 aliphatic carbocycles. The first-order chi connectivity index (χ1) is 14.4. The van der Waals surface area contributed by atoms with Gasteiger partial charge in [0.2, 0.25) is 5.91 Å². The first kappa shape index (κ1) is 22.5. The van der Waals surface area contributed by atoms with Gasteiger partial charge in [-0.15, -0.1) is 21.5 Å². The van der Waals surface area contributed by atoms with Crippen molar-refractivity contribution in [2.45, 2.75) is 25.4 Å². The summed E-state index contributed by atoms with van der Waals surface area (Å²) in [5.74, 6) is 1.69. The lowest BCUT2D eigenvalue weighted by atomic mass is 10.1. The molecule has 0 fully saturated rings. The SMILES string of the molecule is CCc1c(-c2nnc(SCC(=O)Nc3cc(OC)c(Cl)cc3OC)n2C)csc1C. The van der Waals surface area contributed by atoms with Gasteiger partial charge in [0.1, 0.15) is 11.5 Å². The van der Waals surface area contributed by atoms with Crippen LogP contribution < -0.4 is 14.8 Å². The average molecular weight is 467 g/mol. The van der Waals surface area contributed by atoms with Crippen LogP contribution in [0.1, 0.15) is 17.4 Å². The molecule has 0 aliphatic rings. The lowest BCUT2D eigenvalue weighted by Crippen LogP contribution is -2.15. The van der Waals surface area contributed by atoms with E-state index in [-0.39, 0.29) is 11.7 Å². The number of anilines is 1. The molecule has 2 aromatic heterocycles. The van der Waals surface area contributed by atoms with Crippen molar-refractivity contribution in [1.82, 2.24) is 14.8 Å². The fourth-order valence-electron chi connectivity index (χ4n) is 3.06. The molecule has 3 aromatic rings. The Bertz CT molecular complexity index is 1060. The molecule has 0 saturated heterocycles. The third-order valence-corrected chi connectivity index (χ3v) is 6.88. The minimum Gasteiger partial charge on any atom is -0.495 e. The van der Waals surface area contributed by atoms with Gasteiger partial charge in [0.25, 0.3) is 0 Å². The number of hydrogen-bond acceptors (Lipinski definition) is 7. The second kappa shape index (κ2) is 9.72. The van der Waals surface area contributed by atoms with Gasteiger partial charge in [0.05, 0.1) is 30.7 Å². The van der Waals surface area contributed by atoms with Crippen LogP contribution >= 0.6 is 34.7 Å². The van der Waals surface area contributed by atoms with Crippen molar-refractivity contribution in [1.29, 1.82) is 0 Å². The smallest absolute Gasteiger partial charge is 0.234 e. The van der Waals surface area contributed by atoms with Gasteiger partial charge in [0.15, 0.2) is 11.0 Å². The maximum atomic E-state index is 12.5. The van der Waals surface area contributed by atoms with Crippen LogP contribution in [0.4, 0.5) is 5.69 Å². The summed E-state index contributed by atoms with van der Waals surface area (Å²) < 4.78 is 12.4. The van der Waals surface area contributed by atoms with E-state index in [1.807, 2.05) is 11.6 Å². The summed E-state index contributed by atoms with van der Waals surface area (Å²) >= 11 is 9.14. The largest absolute Gasteiger partial charge is 0.495 e. The molecule has 1 amide bonds. The van der Waals surface area contributed by atoms with E-state index in [0.717, 1.165) is 17.8 Å². The number of ether oxygens (including phenoxy) is 2. The van der Waals surface area contributed by atoms with Gasteiger partial charge >= 0.3 is 0 Å². The molecule has 7 nitrogen and oxygen atoms in total. The lowest BCUT2D eigenvalue weighted by Gasteiger charge is -2.13. The third kappa shape index (κ3) is 4.58. The van der Waals surface area contributed by atoms with Crippen LogP contribution in [0.5, 0.6) is 11.5 Å². The molecule has 30 heavy (non-hydrogen) atoms. The molecule has 1 aromatic carbocycles. The molecule has 1 N–H and O–H groups in total. The number of nitrogens with zero attached hydrogens (tertiary/aromatic N) is 3. The average Bonchev–Trinajstić information content (AvgIpc) is 3.28. The summed E-state index contributed by atoms with van der Waals surface area (Å²) in [4.78, 5) is 13.8. The minimum atomic E-state index is -0.201. The maximum Gasteiger partial charge on any atom is 0.234 e. The third-order valence-electron chi connectivity index (χ3n) is 4.61. The summed E-state index contributed by atoms with van der Waals surface area (Å²) in [5, 5.41) is 14.6. The minimum absolute atomic E-state index is 0.170. The van der Waals surface area contributed by atoms with Crippen LogP contribution in [-0.2, 0) is 18.3 Å². The number of aryl methyl sites for hydroxylation is 1. The highest BCUT2D eigenvalue weighted by Crippen LogP contribution is 2.36. The van der Waals surface area contributed by atoms with Crippen molar-refractivity contribution in [2.24, 2.45) is 7.05 Å². The molecular weight excluding hydrogens is 444 g/mol. The Hall–Kier alpha value is -2.23. The number of thioether (sulfide) groups is 1. The molecule has 0 spiro atoms. The number of carbonyl (C=O) groups excluding carboxylic acids is 1. The second-order valence-corrected chi connectivity index (χ2v) is 8.86. The van der Waals surface area contributed by atoms with E-state index in [1.54, 1.807) is 23.5 Å². The predicted octanol–water partition coefficient (Wildman–Crippen LogP) is 4.82. The first-order valence-electron chi connectivity index (χ1n) is 9.20. The van der Waals surface area contributed by atoms with Crippen molar-refractivity contribution in [3.8, 4) is 22.9 Å². The molecule has 0 atom stereocenters. The van der Waals surface area contributed by atoms with E-state index >= 15 is 0 Å². The first-order valence-corrected chi connectivity index (χ1v) is 11.4. The Morgan fingerprint density at radius 2 is 2.00 bits per heavy atom. The molecule has 0 radical (unpaired) electrons. The lowest BCUT2D eigenvalue weighted by molar-refractivity contribution is -0.113. The van der Waals surface area contributed by atoms with E-state index < -0.39 is 0 Å². The number of amides is 1. The number of thiophene rings is 1. The van der Waals surface area contributed by atoms with Gasteiger partial charge in [-0.2, -0.15) is 0 Å². The zero-order valence-corrected chi connectivity index (χ0v) is 19.8. The summed E-state index contributed by atoms with van der Waals surface area (Å²) in [7, 11) is 4.94. The Morgan fingerprint density at radius 3 is 2.67 bits per heavy atom. The van der Waals surface area contributed by atoms with Crippen molar-refractivity contribution >= 4 is 46.3 Å². The molecule has 0 bridgehead atoms. The van der Waals surface area contributed by atoms with E-state index in [1.165, 1.54) is 36.4 Å². The summed E-state index contributed by atoms with van der Waals surface area (Å²) in [6.07, 6.45) is 0.939. The van der Waals surface area contributed by atoms with Crippen molar-refractivity contribution in [2.75, 3.05) is 25.3 Å². The highest BCUT2D eigenvalue weighted by molar-refractivity contribution is 7.99. The van der Waals surface area contributed by atoms with Crippen LogP contribution in [0.3, 0.4) is 0 Å². The van der Waals surface area contributed by atoms with E-state index in [4.69, 9.17) is 21.1 Å². The quantitative estimate of drug-likeness (QED) is 0.480. The molecule has 10 heteroatoms. The highest BCUT2D eigenvalue weighted by atomic mass is 35.5. The zero-order chi connectivity index (χ0) is 21.8. The molecular formula is C20H23ClN4O3S2. The fraction of sp³-hybridized carbons (Fsp3) is 0.350. The number of nitrogens with one attached hydrogen (secondary N) is 1. The van der Waals surface area contributed by atoms with Crippen LogP contribution in [0, 0.1) is 6.92 Å². The van der Waals surface area contributed by atoms with Crippen LogP contribution in [-0.4, -0.2) is 40.6 Å². The van der Waals surface area contributed by atoms with Gasteiger partial charge in [-0.05, 0) is 18.9 Å². The Labute approximate surface area is 188 Å². The summed E-state index contributed by atoms with van der Waals surface area (Å²) in [6.45, 7) is 4.25. The molecule has 160 valence electrons. The van der Waals surface area contributed by atoms with Gasteiger partial charge in [-0.25, -0.2) is 0 Å². The topological polar surface area (TPSA) is 78.3 Å². The van der Waals surface area contributed by atoms with Gasteiger partial charge < -0.3 is 19.4 Å². The molecule has 2 heterocycles. The van der Waals surface area contributed by atoms with Gasteiger partial charge in [0, 0.05) is 35.0 Å². The molecule has 0 saturated carbocycles. The number of hydrogen-bond donors (Lipinski definition) is 1. The monoisotopic (exact) mass is 466 g/mol. The van der Waals surface area contributed by atoms with E-state index in [0.29, 0.717) is 27.4 Å². The number of benzene rings is 1. The molecule has 0 unspecified atom stereocenters. The summed E-state index contributed by atoms with van der Waals surface area (Å²) in [6, 6.07) is 3.24. The van der Waals surface area contributed by atoms with Crippen molar-refractivity contribution in [3.63, 3.8) is 0 Å². The van der Waals surface area contributed by atoms with Crippen LogP contribution in [0.15, 0.2) is 22.7 Å². The van der Waals surface area contributed by atoms with Gasteiger partial charge in [-0.3, -0.25) is 4.79 Å². The highest BCUT2D eigenvalue weighted by Gasteiger charge is 2.18. The Morgan fingerprint density at radius 1 is 1.27 bits per heavy atom. The number of carbonyl (C=O) groups is 1. The standard InChI is InChI=1S/C20H23ClN4O3S2/c1-6-12-11(2)29-9-13(12)19-23-24-20(25(19)3)30-10-18(26)22-15-8-16(27-4)14(21)7-17(15)28-5/h7-9H,6,10H2,1-5H3,(H,22,26). The number of rotatable bonds is 8. The second-order valence-electron chi connectivity index (χ2n) is 6.43. The predicted molar refractivity (Wildman–Crippen MR) is 122 cm³/mol. The summed E-state index contributed by atoms with van der Waals surface area (Å²) in [5.41, 5.74) is 2.88. The normalized spacial score (nSPS) is 10.9. The van der Waals surface area contributed by atoms with Crippen LogP contribution in [0.25, 0.3) is 11.4 Å². The van der Waals surface area contributed by atoms with E-state index in [2.05, 4.69) is 34.7 Å². The van der Waals surface area contributed by atoms with Crippen LogP contribution in [0.2, 0.25) is 5.02 Å². The number of aromatic nitrogens is 3. The zero-order valence-electron chi connectivity index (χ0n) is 17.4. The number of halogens is 1. The fourth-order valence-corrected chi connectivity index (χ4v) is 4.94. The molecule has 3 rings (SSSR count). The van der Waals surface area contributed by atoms with E-state index in [9.17, 15) is 4.79 Å².